The van der Waals surface area contributed by atoms with Gasteiger partial charge in [0.15, 0.2) is 0 Å². The van der Waals surface area contributed by atoms with Gasteiger partial charge in [-0.15, -0.1) is 0 Å². The average molecular weight is 289 g/mol. The van der Waals surface area contributed by atoms with Crippen molar-refractivity contribution in [3.8, 4) is 0 Å². The Bertz CT molecular complexity index is 448. The van der Waals surface area contributed by atoms with Gasteiger partial charge in [0.1, 0.15) is 0 Å². The van der Waals surface area contributed by atoms with Crippen molar-refractivity contribution in [1.29, 1.82) is 0 Å². The summed E-state index contributed by atoms with van der Waals surface area (Å²) in [5, 5.41) is 2.95. The molecule has 4 nitrogen and oxygen atoms in total. The summed E-state index contributed by atoms with van der Waals surface area (Å²) >= 11 is 0. The molecule has 4 heteroatoms. The second-order valence-corrected chi connectivity index (χ2v) is 6.26. The van der Waals surface area contributed by atoms with Crippen molar-refractivity contribution < 1.29 is 4.79 Å². The fourth-order valence-electron chi connectivity index (χ4n) is 2.63. The molecule has 0 atom stereocenters. The van der Waals surface area contributed by atoms with E-state index < -0.39 is 0 Å². The van der Waals surface area contributed by atoms with Crippen LogP contribution in [0.2, 0.25) is 0 Å². The zero-order valence-corrected chi connectivity index (χ0v) is 13.4. The lowest BCUT2D eigenvalue weighted by Crippen LogP contribution is -2.49. The maximum absolute atomic E-state index is 11.8. The van der Waals surface area contributed by atoms with E-state index in [1.807, 2.05) is 13.8 Å². The number of amides is 1. The predicted molar refractivity (Wildman–Crippen MR) is 86.2 cm³/mol. The number of nitrogens with zero attached hydrogens (tertiary/aromatic N) is 2. The summed E-state index contributed by atoms with van der Waals surface area (Å²) in [6, 6.07) is 8.97. The van der Waals surface area contributed by atoms with Gasteiger partial charge < -0.3 is 5.32 Å². The van der Waals surface area contributed by atoms with Crippen molar-refractivity contribution in [2.75, 3.05) is 32.7 Å². The van der Waals surface area contributed by atoms with Gasteiger partial charge in [-0.25, -0.2) is 0 Å². The van der Waals surface area contributed by atoms with Crippen molar-refractivity contribution in [3.63, 3.8) is 0 Å². The van der Waals surface area contributed by atoms with Gasteiger partial charge >= 0.3 is 0 Å². The number of rotatable bonds is 5. The molecule has 1 fully saturated rings. The molecule has 116 valence electrons. The van der Waals surface area contributed by atoms with E-state index >= 15 is 0 Å². The van der Waals surface area contributed by atoms with E-state index in [1.54, 1.807) is 0 Å². The Hall–Kier alpha value is -1.39. The summed E-state index contributed by atoms with van der Waals surface area (Å²) in [4.78, 5) is 16.5. The van der Waals surface area contributed by atoms with Crippen LogP contribution in [0, 0.1) is 6.92 Å². The molecule has 1 saturated heterocycles. The molecule has 1 amide bonds. The molecule has 0 aliphatic carbocycles. The number of piperazine rings is 1. The Kier molecular flexibility index (Phi) is 5.76. The number of carbonyl (C=O) groups excluding carboxylic acids is 1. The molecule has 0 saturated carbocycles. The molecule has 1 heterocycles. The lowest BCUT2D eigenvalue weighted by atomic mass is 10.1. The third kappa shape index (κ3) is 5.48. The third-order valence-corrected chi connectivity index (χ3v) is 3.81. The minimum atomic E-state index is 0.136. The van der Waals surface area contributed by atoms with Crippen molar-refractivity contribution in [2.24, 2.45) is 0 Å². The van der Waals surface area contributed by atoms with Gasteiger partial charge in [0, 0.05) is 38.8 Å². The van der Waals surface area contributed by atoms with E-state index in [-0.39, 0.29) is 11.9 Å². The first-order valence-corrected chi connectivity index (χ1v) is 7.82. The predicted octanol–water partition coefficient (Wildman–Crippen LogP) is 1.64. The lowest BCUT2D eigenvalue weighted by Gasteiger charge is -2.34. The van der Waals surface area contributed by atoms with E-state index in [2.05, 4.69) is 46.3 Å². The van der Waals surface area contributed by atoms with Crippen molar-refractivity contribution >= 4 is 5.91 Å². The maximum atomic E-state index is 11.8. The molecule has 1 N–H and O–H groups in total. The molecule has 1 aliphatic rings. The molecule has 0 aromatic heterocycles. The topological polar surface area (TPSA) is 35.6 Å². The maximum Gasteiger partial charge on any atom is 0.234 e. The van der Waals surface area contributed by atoms with Crippen LogP contribution in [0.5, 0.6) is 0 Å². The van der Waals surface area contributed by atoms with Crippen LogP contribution in [0.25, 0.3) is 0 Å². The fourth-order valence-corrected chi connectivity index (χ4v) is 2.63. The SMILES string of the molecule is Cc1ccc(CN2CCN(CC(=O)NC(C)C)CC2)cc1. The van der Waals surface area contributed by atoms with Crippen LogP contribution in [-0.4, -0.2) is 54.5 Å². The Labute approximate surface area is 128 Å². The molecular formula is C17H27N3O. The molecule has 0 unspecified atom stereocenters. The third-order valence-electron chi connectivity index (χ3n) is 3.81. The van der Waals surface area contributed by atoms with Gasteiger partial charge in [0.25, 0.3) is 0 Å². The molecule has 1 aromatic rings. The monoisotopic (exact) mass is 289 g/mol. The van der Waals surface area contributed by atoms with E-state index in [4.69, 9.17) is 0 Å². The van der Waals surface area contributed by atoms with Crippen molar-refractivity contribution in [2.45, 2.75) is 33.4 Å². The zero-order valence-electron chi connectivity index (χ0n) is 13.4. The van der Waals surface area contributed by atoms with E-state index in [9.17, 15) is 4.79 Å². The van der Waals surface area contributed by atoms with Crippen LogP contribution in [0.15, 0.2) is 24.3 Å². The highest BCUT2D eigenvalue weighted by atomic mass is 16.2. The second kappa shape index (κ2) is 7.57. The van der Waals surface area contributed by atoms with Crippen LogP contribution >= 0.6 is 0 Å². The normalized spacial score (nSPS) is 17.1. The fraction of sp³-hybridized carbons (Fsp3) is 0.588. The van der Waals surface area contributed by atoms with Crippen molar-refractivity contribution in [1.82, 2.24) is 15.1 Å². The molecule has 0 spiro atoms. The summed E-state index contributed by atoms with van der Waals surface area (Å²) in [7, 11) is 0. The van der Waals surface area contributed by atoms with Gasteiger partial charge in [0.05, 0.1) is 6.54 Å². The highest BCUT2D eigenvalue weighted by molar-refractivity contribution is 5.78. The highest BCUT2D eigenvalue weighted by Gasteiger charge is 2.19. The number of nitrogens with one attached hydrogen (secondary N) is 1. The Morgan fingerprint density at radius 2 is 1.67 bits per heavy atom. The number of benzene rings is 1. The van der Waals surface area contributed by atoms with E-state index in [1.165, 1.54) is 11.1 Å². The molecule has 0 bridgehead atoms. The lowest BCUT2D eigenvalue weighted by molar-refractivity contribution is -0.123. The van der Waals surface area contributed by atoms with E-state index in [0.717, 1.165) is 32.7 Å². The van der Waals surface area contributed by atoms with Crippen LogP contribution in [0.4, 0.5) is 0 Å². The summed E-state index contributed by atoms with van der Waals surface area (Å²) in [5.41, 5.74) is 2.67. The Morgan fingerprint density at radius 3 is 2.24 bits per heavy atom. The van der Waals surface area contributed by atoms with Gasteiger partial charge in [-0.3, -0.25) is 14.6 Å². The Morgan fingerprint density at radius 1 is 1.10 bits per heavy atom. The minimum absolute atomic E-state index is 0.136. The van der Waals surface area contributed by atoms with Gasteiger partial charge in [0.2, 0.25) is 5.91 Å². The molecular weight excluding hydrogens is 262 g/mol. The minimum Gasteiger partial charge on any atom is -0.353 e. The average Bonchev–Trinajstić information content (AvgIpc) is 2.42. The quantitative estimate of drug-likeness (QED) is 0.895. The first-order valence-electron chi connectivity index (χ1n) is 7.82. The summed E-state index contributed by atoms with van der Waals surface area (Å²) in [6.07, 6.45) is 0. The second-order valence-electron chi connectivity index (χ2n) is 6.26. The zero-order chi connectivity index (χ0) is 15.2. The standard InChI is InChI=1S/C17H27N3O/c1-14(2)18-17(21)13-20-10-8-19(9-11-20)12-16-6-4-15(3)5-7-16/h4-7,14H,8-13H2,1-3H3,(H,18,21). The summed E-state index contributed by atoms with van der Waals surface area (Å²) in [6.45, 7) is 11.6. The van der Waals surface area contributed by atoms with Crippen LogP contribution in [-0.2, 0) is 11.3 Å². The van der Waals surface area contributed by atoms with Gasteiger partial charge in [-0.2, -0.15) is 0 Å². The first kappa shape index (κ1) is 16.0. The van der Waals surface area contributed by atoms with Crippen LogP contribution in [0.1, 0.15) is 25.0 Å². The van der Waals surface area contributed by atoms with Gasteiger partial charge in [-0.1, -0.05) is 29.8 Å². The molecule has 0 radical (unpaired) electrons. The summed E-state index contributed by atoms with van der Waals surface area (Å²) < 4.78 is 0. The number of hydrogen-bond donors (Lipinski definition) is 1. The molecule has 1 aliphatic heterocycles. The largest absolute Gasteiger partial charge is 0.353 e. The van der Waals surface area contributed by atoms with E-state index in [0.29, 0.717) is 6.54 Å². The van der Waals surface area contributed by atoms with Crippen LogP contribution in [0.3, 0.4) is 0 Å². The number of carbonyl (C=O) groups is 1. The number of aryl methyl sites for hydroxylation is 1. The molecule has 1 aromatic carbocycles. The van der Waals surface area contributed by atoms with Crippen LogP contribution < -0.4 is 5.32 Å². The van der Waals surface area contributed by atoms with Gasteiger partial charge in [-0.05, 0) is 26.3 Å². The van der Waals surface area contributed by atoms with Crippen molar-refractivity contribution in [3.05, 3.63) is 35.4 Å². The highest BCUT2D eigenvalue weighted by Crippen LogP contribution is 2.09. The molecule has 21 heavy (non-hydrogen) atoms. The first-order chi connectivity index (χ1) is 10.0. The Balaban J connectivity index is 1.73. The summed E-state index contributed by atoms with van der Waals surface area (Å²) in [5.74, 6) is 0.136. The molecule has 2 rings (SSSR count). The smallest absolute Gasteiger partial charge is 0.234 e. The number of hydrogen-bond acceptors (Lipinski definition) is 3.